The Morgan fingerprint density at radius 3 is 2.65 bits per heavy atom. The van der Waals surface area contributed by atoms with Gasteiger partial charge in [0.15, 0.2) is 5.82 Å². The van der Waals surface area contributed by atoms with Gasteiger partial charge in [0.1, 0.15) is 5.82 Å². The second kappa shape index (κ2) is 8.85. The molecule has 4 aromatic rings. The molecule has 3 aliphatic rings. The average Bonchev–Trinajstić information content (AvgIpc) is 3.49. The summed E-state index contributed by atoms with van der Waals surface area (Å²) in [5.41, 5.74) is 6.67. The Labute approximate surface area is 216 Å². The van der Waals surface area contributed by atoms with E-state index in [9.17, 15) is 9.50 Å². The molecule has 190 valence electrons. The zero-order valence-corrected chi connectivity index (χ0v) is 21.1. The summed E-state index contributed by atoms with van der Waals surface area (Å²) in [6.07, 6.45) is 7.04. The molecule has 1 unspecified atom stereocenters. The monoisotopic (exact) mass is 497 g/mol. The van der Waals surface area contributed by atoms with Crippen LogP contribution >= 0.6 is 0 Å². The van der Waals surface area contributed by atoms with Gasteiger partial charge in [-0.2, -0.15) is 0 Å². The summed E-state index contributed by atoms with van der Waals surface area (Å²) in [5, 5.41) is 10.9. The number of rotatable bonds is 4. The lowest BCUT2D eigenvalue weighted by Crippen LogP contribution is -2.54. The number of aliphatic hydroxyl groups is 1. The molecule has 0 aliphatic carbocycles. The van der Waals surface area contributed by atoms with E-state index in [4.69, 9.17) is 4.98 Å². The number of piperidine rings is 1. The van der Waals surface area contributed by atoms with Gasteiger partial charge in [-0.25, -0.2) is 9.37 Å². The number of likely N-dealkylation sites (tertiary alicyclic amines) is 1. The normalized spacial score (nSPS) is 23.1. The van der Waals surface area contributed by atoms with E-state index in [2.05, 4.69) is 56.3 Å². The third-order valence-electron chi connectivity index (χ3n) is 8.44. The van der Waals surface area contributed by atoms with Crippen molar-refractivity contribution in [1.29, 1.82) is 0 Å². The maximum atomic E-state index is 13.5. The molecular weight excluding hydrogens is 465 g/mol. The molecule has 0 saturated carbocycles. The molecule has 2 saturated heterocycles. The predicted molar refractivity (Wildman–Crippen MR) is 143 cm³/mol. The Balaban J connectivity index is 1.23. The molecule has 7 heteroatoms. The van der Waals surface area contributed by atoms with Crippen molar-refractivity contribution < 1.29 is 9.50 Å². The molecule has 5 heterocycles. The molecular formula is C30H32FN5O. The zero-order valence-electron chi connectivity index (χ0n) is 21.1. The molecule has 0 spiro atoms. The van der Waals surface area contributed by atoms with Crippen LogP contribution in [0.3, 0.4) is 0 Å². The van der Waals surface area contributed by atoms with Crippen molar-refractivity contribution in [2.24, 2.45) is 11.8 Å². The van der Waals surface area contributed by atoms with Gasteiger partial charge in [-0.3, -0.25) is 4.57 Å². The van der Waals surface area contributed by atoms with Crippen molar-refractivity contribution in [2.75, 3.05) is 37.6 Å². The maximum Gasteiger partial charge on any atom is 0.161 e. The van der Waals surface area contributed by atoms with Crippen LogP contribution in [0.25, 0.3) is 28.3 Å². The molecule has 2 fully saturated rings. The topological polar surface area (TPSA) is 49.5 Å². The fourth-order valence-electron chi connectivity index (χ4n) is 6.29. The van der Waals surface area contributed by atoms with Gasteiger partial charge in [0.25, 0.3) is 0 Å². The molecule has 0 bridgehead atoms. The largest absolute Gasteiger partial charge is 0.392 e. The molecule has 2 aromatic heterocycles. The second-order valence-electron chi connectivity index (χ2n) is 11.0. The van der Waals surface area contributed by atoms with Gasteiger partial charge in [-0.15, -0.1) is 0 Å². The third-order valence-corrected chi connectivity index (χ3v) is 8.44. The van der Waals surface area contributed by atoms with E-state index in [1.165, 1.54) is 29.8 Å². The van der Waals surface area contributed by atoms with Crippen molar-refractivity contribution in [3.05, 3.63) is 78.5 Å². The van der Waals surface area contributed by atoms with Crippen molar-refractivity contribution in [1.82, 2.24) is 19.0 Å². The number of nitrogens with zero attached hydrogens (tertiary/aromatic N) is 5. The van der Waals surface area contributed by atoms with Gasteiger partial charge in [0.2, 0.25) is 0 Å². The molecule has 1 N–H and O–H groups in total. The number of hydrogen-bond donors (Lipinski definition) is 1. The van der Waals surface area contributed by atoms with E-state index >= 15 is 0 Å². The highest BCUT2D eigenvalue weighted by Gasteiger charge is 2.35. The van der Waals surface area contributed by atoms with E-state index in [0.29, 0.717) is 0 Å². The summed E-state index contributed by atoms with van der Waals surface area (Å²) < 4.78 is 17.9. The molecule has 6 nitrogen and oxygen atoms in total. The van der Waals surface area contributed by atoms with Crippen molar-refractivity contribution >= 4 is 5.69 Å². The lowest BCUT2D eigenvalue weighted by molar-refractivity contribution is 0.0159. The van der Waals surface area contributed by atoms with Gasteiger partial charge < -0.3 is 19.5 Å². The fraction of sp³-hybridized carbons (Fsp3) is 0.367. The first-order chi connectivity index (χ1) is 18.0. The van der Waals surface area contributed by atoms with Gasteiger partial charge in [0.05, 0.1) is 17.5 Å². The molecule has 3 aliphatic heterocycles. The minimum absolute atomic E-state index is 0.229. The molecule has 2 aromatic carbocycles. The van der Waals surface area contributed by atoms with E-state index in [-0.39, 0.29) is 23.8 Å². The summed E-state index contributed by atoms with van der Waals surface area (Å²) in [5.74, 6) is 1.17. The number of benzene rings is 2. The fourth-order valence-corrected chi connectivity index (χ4v) is 6.29. The Morgan fingerprint density at radius 1 is 1.03 bits per heavy atom. The van der Waals surface area contributed by atoms with Crippen LogP contribution in [0.15, 0.2) is 67.1 Å². The number of fused-ring (bicyclic) bond motifs is 5. The first-order valence-corrected chi connectivity index (χ1v) is 13.3. The van der Waals surface area contributed by atoms with Gasteiger partial charge in [-0.05, 0) is 73.0 Å². The van der Waals surface area contributed by atoms with E-state index < -0.39 is 0 Å². The summed E-state index contributed by atoms with van der Waals surface area (Å²) in [6, 6.07) is 15.6. The first kappa shape index (κ1) is 22.8. The minimum atomic E-state index is -0.251. The van der Waals surface area contributed by atoms with Gasteiger partial charge >= 0.3 is 0 Å². The van der Waals surface area contributed by atoms with Gasteiger partial charge in [0, 0.05) is 61.9 Å². The predicted octanol–water partition coefficient (Wildman–Crippen LogP) is 4.65. The zero-order chi connectivity index (χ0) is 25.1. The maximum absolute atomic E-state index is 13.5. The Morgan fingerprint density at radius 2 is 1.86 bits per heavy atom. The van der Waals surface area contributed by atoms with E-state index in [0.717, 1.165) is 67.6 Å². The van der Waals surface area contributed by atoms with Crippen LogP contribution in [-0.2, 0) is 6.54 Å². The molecule has 0 radical (unpaired) electrons. The quantitative estimate of drug-likeness (QED) is 0.393. The molecule has 7 rings (SSSR count). The highest BCUT2D eigenvalue weighted by atomic mass is 19.1. The van der Waals surface area contributed by atoms with Gasteiger partial charge in [-0.1, -0.05) is 19.1 Å². The number of imidazole rings is 1. The number of hydrogen-bond acceptors (Lipinski definition) is 4. The number of aromatic nitrogens is 3. The SMILES string of the molecule is CC1CN(c2ccc3c(c2)Cn2cc(-c4ccc(F)cc4)cc2-c2nccn2-3)C[C@H](CN2CCC2)[C@H]1O. The first-order valence-electron chi connectivity index (χ1n) is 13.3. The van der Waals surface area contributed by atoms with Crippen LogP contribution in [0.4, 0.5) is 10.1 Å². The summed E-state index contributed by atoms with van der Waals surface area (Å²) in [6.45, 7) is 7.92. The standard InChI is InChI=1S/C30H32FN5O/c1-20-15-34(19-24(29(20)37)16-33-10-2-11-33)26-7-8-27-23(13-26)18-35-17-22(21-3-5-25(31)6-4-21)14-28(35)30-32-9-12-36(27)30/h3-9,12-14,17,20,24,29,37H,2,10-11,15-16,18-19H2,1H3/t20?,24-,29-/m0/s1. The van der Waals surface area contributed by atoms with Crippen LogP contribution in [-0.4, -0.2) is 63.0 Å². The lowest BCUT2D eigenvalue weighted by atomic mass is 9.85. The molecule has 0 amide bonds. The Kier molecular flexibility index (Phi) is 5.44. The van der Waals surface area contributed by atoms with Crippen LogP contribution < -0.4 is 4.90 Å². The lowest BCUT2D eigenvalue weighted by Gasteiger charge is -2.44. The number of aliphatic hydroxyl groups excluding tert-OH is 1. The van der Waals surface area contributed by atoms with E-state index in [1.54, 1.807) is 0 Å². The van der Waals surface area contributed by atoms with Crippen LogP contribution in [0.5, 0.6) is 0 Å². The third kappa shape index (κ3) is 3.97. The van der Waals surface area contributed by atoms with Crippen LogP contribution in [0.2, 0.25) is 0 Å². The van der Waals surface area contributed by atoms with Crippen molar-refractivity contribution in [3.63, 3.8) is 0 Å². The van der Waals surface area contributed by atoms with E-state index in [1.807, 2.05) is 24.5 Å². The second-order valence-corrected chi connectivity index (χ2v) is 11.0. The van der Waals surface area contributed by atoms with Crippen LogP contribution in [0.1, 0.15) is 18.9 Å². The van der Waals surface area contributed by atoms with Crippen molar-refractivity contribution in [3.8, 4) is 28.3 Å². The van der Waals surface area contributed by atoms with Crippen LogP contribution in [0, 0.1) is 17.7 Å². The summed E-state index contributed by atoms with van der Waals surface area (Å²) >= 11 is 0. The number of halogens is 1. The average molecular weight is 498 g/mol. The summed E-state index contributed by atoms with van der Waals surface area (Å²) in [4.78, 5) is 9.63. The van der Waals surface area contributed by atoms with Crippen molar-refractivity contribution in [2.45, 2.75) is 26.0 Å². The summed E-state index contributed by atoms with van der Waals surface area (Å²) in [7, 11) is 0. The highest BCUT2D eigenvalue weighted by Crippen LogP contribution is 2.36. The minimum Gasteiger partial charge on any atom is -0.392 e. The Hall–Kier alpha value is -3.42. The molecule has 37 heavy (non-hydrogen) atoms. The number of anilines is 1. The molecule has 3 atom stereocenters. The highest BCUT2D eigenvalue weighted by molar-refractivity contribution is 5.72. The Bertz CT molecular complexity index is 1440. The smallest absolute Gasteiger partial charge is 0.161 e.